The highest BCUT2D eigenvalue weighted by atomic mass is 16.5. The SMILES string of the molecule is O=c1ccn(C2COC2)c2ccccc12. The Morgan fingerprint density at radius 3 is 2.73 bits per heavy atom. The van der Waals surface area contributed by atoms with Gasteiger partial charge in [-0.05, 0) is 12.1 Å². The molecule has 76 valence electrons. The molecule has 1 aromatic heterocycles. The first-order valence-corrected chi connectivity index (χ1v) is 5.04. The van der Waals surface area contributed by atoms with E-state index in [-0.39, 0.29) is 5.43 Å². The number of para-hydroxylation sites is 1. The van der Waals surface area contributed by atoms with Crippen LogP contribution in [0.3, 0.4) is 0 Å². The van der Waals surface area contributed by atoms with Crippen molar-refractivity contribution in [2.45, 2.75) is 6.04 Å². The second kappa shape index (κ2) is 3.21. The van der Waals surface area contributed by atoms with E-state index in [1.165, 1.54) is 0 Å². The maximum atomic E-state index is 11.6. The van der Waals surface area contributed by atoms with Gasteiger partial charge >= 0.3 is 0 Å². The molecule has 1 aromatic carbocycles. The van der Waals surface area contributed by atoms with Gasteiger partial charge in [0.15, 0.2) is 5.43 Å². The first kappa shape index (κ1) is 8.68. The Bertz CT molecular complexity index is 555. The molecule has 0 atom stereocenters. The normalized spacial score (nSPS) is 16.5. The Hall–Kier alpha value is -1.61. The topological polar surface area (TPSA) is 31.2 Å². The van der Waals surface area contributed by atoms with Gasteiger partial charge < -0.3 is 9.30 Å². The molecule has 0 saturated carbocycles. The van der Waals surface area contributed by atoms with Crippen LogP contribution >= 0.6 is 0 Å². The molecular weight excluding hydrogens is 190 g/mol. The largest absolute Gasteiger partial charge is 0.377 e. The van der Waals surface area contributed by atoms with Crippen LogP contribution in [-0.4, -0.2) is 17.8 Å². The molecule has 3 nitrogen and oxygen atoms in total. The van der Waals surface area contributed by atoms with Crippen molar-refractivity contribution in [3.63, 3.8) is 0 Å². The number of nitrogens with zero attached hydrogens (tertiary/aromatic N) is 1. The van der Waals surface area contributed by atoms with Gasteiger partial charge in [0, 0.05) is 17.6 Å². The smallest absolute Gasteiger partial charge is 0.189 e. The standard InChI is InChI=1S/C12H11NO2/c14-12-5-6-13(9-7-15-8-9)11-4-2-1-3-10(11)12/h1-6,9H,7-8H2. The molecular formula is C12H11NO2. The predicted octanol–water partition coefficient (Wildman–Crippen LogP) is 1.57. The third-order valence-electron chi connectivity index (χ3n) is 2.85. The van der Waals surface area contributed by atoms with Crippen LogP contribution in [0.4, 0.5) is 0 Å². The summed E-state index contributed by atoms with van der Waals surface area (Å²) in [7, 11) is 0. The molecule has 2 heterocycles. The van der Waals surface area contributed by atoms with Crippen molar-refractivity contribution in [2.24, 2.45) is 0 Å². The van der Waals surface area contributed by atoms with Gasteiger partial charge in [-0.3, -0.25) is 4.79 Å². The lowest BCUT2D eigenvalue weighted by atomic mass is 10.1. The molecule has 0 N–H and O–H groups in total. The molecule has 0 bridgehead atoms. The second-order valence-electron chi connectivity index (χ2n) is 3.80. The summed E-state index contributed by atoms with van der Waals surface area (Å²) < 4.78 is 7.29. The summed E-state index contributed by atoms with van der Waals surface area (Å²) in [6.45, 7) is 1.49. The van der Waals surface area contributed by atoms with Crippen LogP contribution in [0.1, 0.15) is 6.04 Å². The molecule has 1 aliphatic heterocycles. The summed E-state index contributed by atoms with van der Waals surface area (Å²) in [6, 6.07) is 9.71. The highest BCUT2D eigenvalue weighted by molar-refractivity contribution is 5.78. The van der Waals surface area contributed by atoms with Crippen molar-refractivity contribution < 1.29 is 4.74 Å². The number of aromatic nitrogens is 1. The van der Waals surface area contributed by atoms with Crippen molar-refractivity contribution in [1.82, 2.24) is 4.57 Å². The highest BCUT2D eigenvalue weighted by Crippen LogP contribution is 2.21. The Kier molecular flexibility index (Phi) is 1.86. The van der Waals surface area contributed by atoms with Crippen LogP contribution in [0, 0.1) is 0 Å². The van der Waals surface area contributed by atoms with Gasteiger partial charge in [0.05, 0.1) is 24.8 Å². The minimum Gasteiger partial charge on any atom is -0.377 e. The molecule has 15 heavy (non-hydrogen) atoms. The van der Waals surface area contributed by atoms with E-state index in [9.17, 15) is 4.79 Å². The average molecular weight is 201 g/mol. The fraction of sp³-hybridized carbons (Fsp3) is 0.250. The molecule has 1 saturated heterocycles. The molecule has 1 fully saturated rings. The zero-order valence-corrected chi connectivity index (χ0v) is 8.22. The third-order valence-corrected chi connectivity index (χ3v) is 2.85. The van der Waals surface area contributed by atoms with Gasteiger partial charge in [-0.1, -0.05) is 12.1 Å². The summed E-state index contributed by atoms with van der Waals surface area (Å²) in [5, 5.41) is 0.784. The van der Waals surface area contributed by atoms with Crippen molar-refractivity contribution >= 4 is 10.9 Å². The lowest BCUT2D eigenvalue weighted by Crippen LogP contribution is -2.31. The van der Waals surface area contributed by atoms with E-state index in [0.717, 1.165) is 24.1 Å². The fourth-order valence-electron chi connectivity index (χ4n) is 1.93. The van der Waals surface area contributed by atoms with Crippen LogP contribution in [0.15, 0.2) is 41.3 Å². The molecule has 1 aliphatic rings. The molecule has 2 aromatic rings. The van der Waals surface area contributed by atoms with E-state index in [4.69, 9.17) is 4.74 Å². The molecule has 0 amide bonds. The quantitative estimate of drug-likeness (QED) is 0.701. The molecule has 0 spiro atoms. The maximum absolute atomic E-state index is 11.6. The van der Waals surface area contributed by atoms with Crippen LogP contribution in [0.25, 0.3) is 10.9 Å². The Morgan fingerprint density at radius 2 is 2.00 bits per heavy atom. The van der Waals surface area contributed by atoms with Crippen molar-refractivity contribution in [3.05, 3.63) is 46.8 Å². The Labute approximate surface area is 86.9 Å². The summed E-state index contributed by atoms with van der Waals surface area (Å²) in [6.07, 6.45) is 1.86. The molecule has 3 rings (SSSR count). The molecule has 0 aliphatic carbocycles. The van der Waals surface area contributed by atoms with Crippen molar-refractivity contribution in [3.8, 4) is 0 Å². The number of rotatable bonds is 1. The predicted molar refractivity (Wildman–Crippen MR) is 58.1 cm³/mol. The lowest BCUT2D eigenvalue weighted by molar-refractivity contribution is -0.0216. The summed E-state index contributed by atoms with van der Waals surface area (Å²) in [4.78, 5) is 11.6. The number of pyridine rings is 1. The Morgan fingerprint density at radius 1 is 1.20 bits per heavy atom. The molecule has 3 heteroatoms. The number of fused-ring (bicyclic) bond motifs is 1. The maximum Gasteiger partial charge on any atom is 0.189 e. The molecule has 0 unspecified atom stereocenters. The Balaban J connectivity index is 2.30. The summed E-state index contributed by atoms with van der Waals surface area (Å²) in [5.74, 6) is 0. The average Bonchev–Trinajstić information content (AvgIpc) is 2.20. The highest BCUT2D eigenvalue weighted by Gasteiger charge is 2.20. The lowest BCUT2D eigenvalue weighted by Gasteiger charge is -2.29. The van der Waals surface area contributed by atoms with Gasteiger partial charge in [0.1, 0.15) is 0 Å². The van der Waals surface area contributed by atoms with Gasteiger partial charge in [0.2, 0.25) is 0 Å². The van der Waals surface area contributed by atoms with Crippen molar-refractivity contribution in [1.29, 1.82) is 0 Å². The zero-order valence-electron chi connectivity index (χ0n) is 8.22. The second-order valence-corrected chi connectivity index (χ2v) is 3.80. The number of hydrogen-bond donors (Lipinski definition) is 0. The van der Waals surface area contributed by atoms with Gasteiger partial charge in [0.25, 0.3) is 0 Å². The number of hydrogen-bond acceptors (Lipinski definition) is 2. The van der Waals surface area contributed by atoms with E-state index in [0.29, 0.717) is 6.04 Å². The van der Waals surface area contributed by atoms with Crippen LogP contribution in [0.5, 0.6) is 0 Å². The minimum atomic E-state index is 0.0853. The fourth-order valence-corrected chi connectivity index (χ4v) is 1.93. The molecule has 0 radical (unpaired) electrons. The zero-order chi connectivity index (χ0) is 10.3. The first-order valence-electron chi connectivity index (χ1n) is 5.04. The van der Waals surface area contributed by atoms with E-state index >= 15 is 0 Å². The number of benzene rings is 1. The van der Waals surface area contributed by atoms with E-state index in [1.54, 1.807) is 6.07 Å². The third kappa shape index (κ3) is 1.27. The van der Waals surface area contributed by atoms with E-state index in [2.05, 4.69) is 4.57 Å². The van der Waals surface area contributed by atoms with Gasteiger partial charge in [-0.15, -0.1) is 0 Å². The van der Waals surface area contributed by atoms with Gasteiger partial charge in [-0.25, -0.2) is 0 Å². The first-order chi connectivity index (χ1) is 7.36. The summed E-state index contributed by atoms with van der Waals surface area (Å²) >= 11 is 0. The van der Waals surface area contributed by atoms with E-state index < -0.39 is 0 Å². The van der Waals surface area contributed by atoms with Crippen LogP contribution in [0.2, 0.25) is 0 Å². The van der Waals surface area contributed by atoms with Gasteiger partial charge in [-0.2, -0.15) is 0 Å². The number of ether oxygens (including phenoxy) is 1. The van der Waals surface area contributed by atoms with Crippen LogP contribution < -0.4 is 5.43 Å². The van der Waals surface area contributed by atoms with Crippen molar-refractivity contribution in [2.75, 3.05) is 13.2 Å². The summed E-state index contributed by atoms with van der Waals surface area (Å²) in [5.41, 5.74) is 1.08. The monoisotopic (exact) mass is 201 g/mol. The minimum absolute atomic E-state index is 0.0853. The van der Waals surface area contributed by atoms with Crippen LogP contribution in [-0.2, 0) is 4.74 Å². The van der Waals surface area contributed by atoms with E-state index in [1.807, 2.05) is 30.5 Å².